The summed E-state index contributed by atoms with van der Waals surface area (Å²) in [6.45, 7) is 1.44. The van der Waals surface area contributed by atoms with Gasteiger partial charge in [0.05, 0.1) is 18.0 Å². The van der Waals surface area contributed by atoms with Gasteiger partial charge in [-0.1, -0.05) is 60.7 Å². The molecule has 0 saturated carbocycles. The third-order valence-corrected chi connectivity index (χ3v) is 9.06. The maximum absolute atomic E-state index is 13.8. The number of anilines is 3. The minimum absolute atomic E-state index is 0.166. The molecule has 0 radical (unpaired) electrons. The number of rotatable bonds is 11. The molecule has 3 unspecified atom stereocenters. The first-order valence-corrected chi connectivity index (χ1v) is 16.2. The van der Waals surface area contributed by atoms with Crippen LogP contribution in [-0.4, -0.2) is 73.8 Å². The average Bonchev–Trinajstić information content (AvgIpc) is 3.73. The number of imidazole rings is 1. The van der Waals surface area contributed by atoms with Crippen LogP contribution in [0.5, 0.6) is 0 Å². The second-order valence-corrected chi connectivity index (χ2v) is 13.0. The molecule has 1 aromatic heterocycles. The Bertz CT molecular complexity index is 1680. The molecule has 11 nitrogen and oxygen atoms in total. The highest BCUT2D eigenvalue weighted by molar-refractivity contribution is 7.92. The van der Waals surface area contributed by atoms with Gasteiger partial charge in [-0.15, -0.1) is 0 Å². The number of aromatic amines is 1. The summed E-state index contributed by atoms with van der Waals surface area (Å²) in [6.07, 6.45) is 3.56. The molecule has 1 saturated heterocycles. The molecule has 2 heterocycles. The van der Waals surface area contributed by atoms with Crippen molar-refractivity contribution >= 4 is 39.2 Å². The minimum Gasteiger partial charge on any atom is -0.381 e. The van der Waals surface area contributed by atoms with Crippen molar-refractivity contribution in [3.8, 4) is 0 Å². The van der Waals surface area contributed by atoms with Gasteiger partial charge in [0, 0.05) is 49.7 Å². The maximum Gasteiger partial charge on any atom is 0.257 e. The van der Waals surface area contributed by atoms with Crippen LogP contribution in [0.4, 0.5) is 17.3 Å². The molecule has 0 aliphatic carbocycles. The number of hydrogen-bond acceptors (Lipinski definition) is 7. The average molecular weight is 617 g/mol. The molecule has 4 aromatic rings. The first kappa shape index (κ1) is 30.8. The zero-order chi connectivity index (χ0) is 31.3. The van der Waals surface area contributed by atoms with E-state index in [1.54, 1.807) is 12.1 Å². The van der Waals surface area contributed by atoms with Crippen molar-refractivity contribution in [2.24, 2.45) is 0 Å². The van der Waals surface area contributed by atoms with Crippen LogP contribution in [0.2, 0.25) is 0 Å². The van der Waals surface area contributed by atoms with Crippen molar-refractivity contribution in [2.75, 3.05) is 40.9 Å². The van der Waals surface area contributed by atoms with E-state index in [0.29, 0.717) is 23.8 Å². The molecule has 1 aliphatic heterocycles. The monoisotopic (exact) mass is 616 g/mol. The highest BCUT2D eigenvalue weighted by atomic mass is 32.2. The van der Waals surface area contributed by atoms with Crippen molar-refractivity contribution in [1.29, 1.82) is 0 Å². The summed E-state index contributed by atoms with van der Waals surface area (Å²) < 4.78 is 26.1. The van der Waals surface area contributed by atoms with E-state index >= 15 is 0 Å². The predicted octanol–water partition coefficient (Wildman–Crippen LogP) is 3.14. The maximum atomic E-state index is 13.8. The van der Waals surface area contributed by atoms with E-state index < -0.39 is 34.0 Å². The summed E-state index contributed by atoms with van der Waals surface area (Å²) in [5.41, 5.74) is 3.26. The van der Waals surface area contributed by atoms with Gasteiger partial charge in [0.25, 0.3) is 11.8 Å². The largest absolute Gasteiger partial charge is 0.381 e. The number of nitrogens with one attached hydrogen (secondary N) is 3. The van der Waals surface area contributed by atoms with Gasteiger partial charge in [0.2, 0.25) is 16.0 Å². The van der Waals surface area contributed by atoms with E-state index in [0.717, 1.165) is 29.1 Å². The number of nitrogens with zero attached hydrogens (tertiary/aromatic N) is 3. The molecule has 44 heavy (non-hydrogen) atoms. The molecular formula is C32H36N6O5S. The van der Waals surface area contributed by atoms with Gasteiger partial charge >= 0.3 is 0 Å². The quantitative estimate of drug-likeness (QED) is 0.202. The van der Waals surface area contributed by atoms with Gasteiger partial charge in [-0.25, -0.2) is 13.4 Å². The fourth-order valence-corrected chi connectivity index (χ4v) is 5.83. The molecule has 0 spiro atoms. The Morgan fingerprint density at radius 3 is 2.45 bits per heavy atom. The van der Waals surface area contributed by atoms with Crippen LogP contribution in [0.3, 0.4) is 0 Å². The van der Waals surface area contributed by atoms with E-state index in [-0.39, 0.29) is 17.9 Å². The molecular weight excluding hydrogens is 580 g/mol. The Morgan fingerprint density at radius 1 is 1.09 bits per heavy atom. The highest BCUT2D eigenvalue weighted by Crippen LogP contribution is 2.33. The number of aliphatic hydroxyl groups excluding tert-OH is 1. The van der Waals surface area contributed by atoms with Gasteiger partial charge in [0.15, 0.2) is 6.10 Å². The molecule has 3 aromatic carbocycles. The fourth-order valence-electron chi connectivity index (χ4n) is 5.34. The molecule has 2 amide bonds. The minimum atomic E-state index is -3.62. The summed E-state index contributed by atoms with van der Waals surface area (Å²) >= 11 is 0. The van der Waals surface area contributed by atoms with Crippen LogP contribution in [0.25, 0.3) is 0 Å². The predicted molar refractivity (Wildman–Crippen MR) is 170 cm³/mol. The summed E-state index contributed by atoms with van der Waals surface area (Å²) in [7, 11) is -2.19. The van der Waals surface area contributed by atoms with E-state index in [9.17, 15) is 23.1 Å². The molecule has 4 N–H and O–H groups in total. The topological polar surface area (TPSA) is 148 Å². The van der Waals surface area contributed by atoms with Gasteiger partial charge in [-0.2, -0.15) is 0 Å². The van der Waals surface area contributed by atoms with Crippen LogP contribution in [0.1, 0.15) is 33.8 Å². The summed E-state index contributed by atoms with van der Waals surface area (Å²) in [4.78, 5) is 35.6. The van der Waals surface area contributed by atoms with Crippen molar-refractivity contribution in [2.45, 2.75) is 30.9 Å². The Hall–Kier alpha value is -4.68. The number of hydrogen-bond donors (Lipinski definition) is 4. The summed E-state index contributed by atoms with van der Waals surface area (Å²) in [5, 5.41) is 16.4. The van der Waals surface area contributed by atoms with Gasteiger partial charge in [0.1, 0.15) is 0 Å². The Kier molecular flexibility index (Phi) is 9.31. The zero-order valence-electron chi connectivity index (χ0n) is 24.6. The molecule has 1 aliphatic rings. The number of aliphatic hydroxyl groups is 1. The van der Waals surface area contributed by atoms with Crippen molar-refractivity contribution in [3.63, 3.8) is 0 Å². The molecule has 5 rings (SSSR count). The number of benzene rings is 3. The SMILES string of the molecule is CN(c1cc(C(=O)NC(Cc2ccccc2)C(O)C(=O)Nc2ncc[nH]2)cc(N2CCC(c3ccccc3)C2)c1)S(C)(=O)=O. The molecule has 3 atom stereocenters. The van der Waals surface area contributed by atoms with E-state index in [2.05, 4.69) is 37.6 Å². The molecule has 0 bridgehead atoms. The van der Waals surface area contributed by atoms with E-state index in [1.165, 1.54) is 31.1 Å². The number of H-pyrrole nitrogens is 1. The van der Waals surface area contributed by atoms with Crippen LogP contribution < -0.4 is 19.8 Å². The van der Waals surface area contributed by atoms with Crippen molar-refractivity contribution < 1.29 is 23.1 Å². The fraction of sp³-hybridized carbons (Fsp3) is 0.281. The van der Waals surface area contributed by atoms with Crippen LogP contribution in [0, 0.1) is 0 Å². The molecule has 12 heteroatoms. The number of carbonyl (C=O) groups is 2. The van der Waals surface area contributed by atoms with Crippen LogP contribution >= 0.6 is 0 Å². The number of carbonyl (C=O) groups excluding carboxylic acids is 2. The zero-order valence-corrected chi connectivity index (χ0v) is 25.4. The highest BCUT2D eigenvalue weighted by Gasteiger charge is 2.30. The second kappa shape index (κ2) is 13.3. The Morgan fingerprint density at radius 2 is 1.80 bits per heavy atom. The molecule has 1 fully saturated rings. The van der Waals surface area contributed by atoms with Crippen molar-refractivity contribution in [3.05, 3.63) is 108 Å². The number of aromatic nitrogens is 2. The van der Waals surface area contributed by atoms with Gasteiger partial charge in [-0.3, -0.25) is 19.2 Å². The Balaban J connectivity index is 1.43. The van der Waals surface area contributed by atoms with Crippen molar-refractivity contribution in [1.82, 2.24) is 15.3 Å². The van der Waals surface area contributed by atoms with Gasteiger partial charge in [-0.05, 0) is 42.2 Å². The van der Waals surface area contributed by atoms with Gasteiger partial charge < -0.3 is 20.3 Å². The lowest BCUT2D eigenvalue weighted by atomic mass is 9.99. The standard InChI is InChI=1S/C32H36N6O5S/c1-37(44(2,42)43)26-18-25(19-27(20-26)38-16-13-24(21-38)23-11-7-4-8-12-23)30(40)35-28(17-22-9-5-3-6-10-22)29(39)31(41)36-32-33-14-15-34-32/h3-12,14-15,18-20,24,28-29,39H,13,16-17,21H2,1-2H3,(H,35,40)(H2,33,34,36,41). The number of amides is 2. The first-order valence-electron chi connectivity index (χ1n) is 14.3. The van der Waals surface area contributed by atoms with E-state index in [4.69, 9.17) is 0 Å². The lowest BCUT2D eigenvalue weighted by molar-refractivity contribution is -0.125. The first-order chi connectivity index (χ1) is 21.1. The lowest BCUT2D eigenvalue weighted by Crippen LogP contribution is -2.50. The van der Waals surface area contributed by atoms with Crippen LogP contribution in [-0.2, 0) is 21.2 Å². The molecule has 230 valence electrons. The third kappa shape index (κ3) is 7.44. The van der Waals surface area contributed by atoms with Crippen LogP contribution in [0.15, 0.2) is 91.3 Å². The second-order valence-electron chi connectivity index (χ2n) is 11.0. The summed E-state index contributed by atoms with van der Waals surface area (Å²) in [5.74, 6) is -0.835. The Labute approximate surface area is 257 Å². The number of sulfonamides is 1. The summed E-state index contributed by atoms with van der Waals surface area (Å²) in [6, 6.07) is 23.4. The lowest BCUT2D eigenvalue weighted by Gasteiger charge is -2.26. The normalized spacial score (nSPS) is 16.2. The van der Waals surface area contributed by atoms with E-state index in [1.807, 2.05) is 48.5 Å². The smallest absolute Gasteiger partial charge is 0.257 e. The third-order valence-electron chi connectivity index (χ3n) is 7.85.